The Labute approximate surface area is 153 Å². The van der Waals surface area contributed by atoms with Crippen LogP contribution in [0, 0.1) is 19.8 Å². The molecule has 2 amide bonds. The minimum atomic E-state index is -0.165. The van der Waals surface area contributed by atoms with E-state index in [1.54, 1.807) is 11.8 Å². The van der Waals surface area contributed by atoms with Crippen LogP contribution in [0.5, 0.6) is 0 Å². The molecule has 128 valence electrons. The van der Waals surface area contributed by atoms with Gasteiger partial charge in [-0.15, -0.1) is 11.8 Å². The van der Waals surface area contributed by atoms with E-state index in [0.717, 1.165) is 16.5 Å². The standard InChI is InChI=1S/C19H23ClN2OS/c1-13(12-24-18-8-5-16(20)6-9-18)11-21-19(23)22-17-7-4-14(2)15(3)10-17/h4-10,13H,11-12H2,1-3H3,(H2,21,22,23)/t13-/m1/s1. The molecule has 2 rings (SSSR count). The van der Waals surface area contributed by atoms with Crippen molar-refractivity contribution < 1.29 is 4.79 Å². The van der Waals surface area contributed by atoms with E-state index < -0.39 is 0 Å². The first-order valence-corrected chi connectivity index (χ1v) is 9.31. The summed E-state index contributed by atoms with van der Waals surface area (Å²) in [7, 11) is 0. The molecule has 5 heteroatoms. The van der Waals surface area contributed by atoms with Crippen LogP contribution in [-0.2, 0) is 0 Å². The normalized spacial score (nSPS) is 11.8. The van der Waals surface area contributed by atoms with Crippen molar-refractivity contribution in [2.45, 2.75) is 25.7 Å². The molecule has 2 aromatic carbocycles. The van der Waals surface area contributed by atoms with E-state index in [4.69, 9.17) is 11.6 Å². The van der Waals surface area contributed by atoms with Gasteiger partial charge in [-0.3, -0.25) is 0 Å². The highest BCUT2D eigenvalue weighted by Crippen LogP contribution is 2.22. The van der Waals surface area contributed by atoms with E-state index in [9.17, 15) is 4.79 Å². The first-order valence-electron chi connectivity index (χ1n) is 7.94. The van der Waals surface area contributed by atoms with Crippen LogP contribution in [-0.4, -0.2) is 18.3 Å². The van der Waals surface area contributed by atoms with Gasteiger partial charge in [-0.05, 0) is 67.3 Å². The molecule has 3 nitrogen and oxygen atoms in total. The molecule has 0 heterocycles. The average Bonchev–Trinajstić information content (AvgIpc) is 2.56. The predicted octanol–water partition coefficient (Wildman–Crippen LogP) is 5.51. The molecule has 0 aliphatic heterocycles. The number of halogens is 1. The Morgan fingerprint density at radius 3 is 2.50 bits per heavy atom. The zero-order valence-corrected chi connectivity index (χ0v) is 15.8. The van der Waals surface area contributed by atoms with Crippen molar-refractivity contribution in [1.82, 2.24) is 5.32 Å². The summed E-state index contributed by atoms with van der Waals surface area (Å²) in [5.41, 5.74) is 3.20. The Morgan fingerprint density at radius 2 is 1.83 bits per heavy atom. The number of hydrogen-bond acceptors (Lipinski definition) is 2. The molecule has 2 aromatic rings. The molecule has 2 N–H and O–H groups in total. The van der Waals surface area contributed by atoms with Gasteiger partial charge in [-0.1, -0.05) is 24.6 Å². The number of nitrogens with one attached hydrogen (secondary N) is 2. The molecule has 0 aliphatic carbocycles. The SMILES string of the molecule is Cc1ccc(NC(=O)NC[C@@H](C)CSc2ccc(Cl)cc2)cc1C. The van der Waals surface area contributed by atoms with Gasteiger partial charge in [0.25, 0.3) is 0 Å². The number of amides is 2. The Hall–Kier alpha value is -1.65. The zero-order chi connectivity index (χ0) is 17.5. The van der Waals surface area contributed by atoms with Crippen molar-refractivity contribution in [2.24, 2.45) is 5.92 Å². The number of benzene rings is 2. The molecular formula is C19H23ClN2OS. The van der Waals surface area contributed by atoms with Gasteiger partial charge in [-0.25, -0.2) is 4.79 Å². The van der Waals surface area contributed by atoms with Gasteiger partial charge in [0, 0.05) is 27.9 Å². The molecular weight excluding hydrogens is 340 g/mol. The molecule has 0 saturated heterocycles. The van der Waals surface area contributed by atoms with E-state index >= 15 is 0 Å². The van der Waals surface area contributed by atoms with Crippen LogP contribution in [0.3, 0.4) is 0 Å². The lowest BCUT2D eigenvalue weighted by Crippen LogP contribution is -2.33. The Balaban J connectivity index is 1.72. The number of carbonyl (C=O) groups is 1. The summed E-state index contributed by atoms with van der Waals surface area (Å²) in [5.74, 6) is 1.31. The third-order valence-electron chi connectivity index (χ3n) is 3.72. The van der Waals surface area contributed by atoms with Gasteiger partial charge in [0.1, 0.15) is 0 Å². The number of aryl methyl sites for hydroxylation is 2. The van der Waals surface area contributed by atoms with Crippen molar-refractivity contribution >= 4 is 35.1 Å². The van der Waals surface area contributed by atoms with E-state index in [1.165, 1.54) is 16.0 Å². The van der Waals surface area contributed by atoms with Gasteiger partial charge in [0.15, 0.2) is 0 Å². The van der Waals surface area contributed by atoms with Crippen LogP contribution in [0.1, 0.15) is 18.1 Å². The second-order valence-corrected chi connectivity index (χ2v) is 7.53. The maximum absolute atomic E-state index is 12.0. The summed E-state index contributed by atoms with van der Waals surface area (Å²) in [6.07, 6.45) is 0. The molecule has 0 unspecified atom stereocenters. The first-order chi connectivity index (χ1) is 11.4. The lowest BCUT2D eigenvalue weighted by Gasteiger charge is -2.13. The number of anilines is 1. The number of urea groups is 1. The molecule has 0 fully saturated rings. The van der Waals surface area contributed by atoms with Crippen LogP contribution in [0.2, 0.25) is 5.02 Å². The van der Waals surface area contributed by atoms with Gasteiger partial charge in [-0.2, -0.15) is 0 Å². The first kappa shape index (κ1) is 18.7. The van der Waals surface area contributed by atoms with Crippen LogP contribution in [0.15, 0.2) is 47.4 Å². The van der Waals surface area contributed by atoms with Crippen molar-refractivity contribution in [1.29, 1.82) is 0 Å². The number of carbonyl (C=O) groups excluding carboxylic acids is 1. The summed E-state index contributed by atoms with van der Waals surface area (Å²) in [6, 6.07) is 13.6. The van der Waals surface area contributed by atoms with E-state index in [-0.39, 0.29) is 6.03 Å². The Bertz CT molecular complexity index is 688. The summed E-state index contributed by atoms with van der Waals surface area (Å²) in [5, 5.41) is 6.55. The van der Waals surface area contributed by atoms with Crippen molar-refractivity contribution in [2.75, 3.05) is 17.6 Å². The van der Waals surface area contributed by atoms with Gasteiger partial charge in [0.05, 0.1) is 0 Å². The topological polar surface area (TPSA) is 41.1 Å². The van der Waals surface area contributed by atoms with Crippen LogP contribution in [0.4, 0.5) is 10.5 Å². The number of hydrogen-bond donors (Lipinski definition) is 2. The molecule has 0 aliphatic rings. The van der Waals surface area contributed by atoms with E-state index in [2.05, 4.69) is 24.5 Å². The highest BCUT2D eigenvalue weighted by Gasteiger charge is 2.07. The molecule has 0 aromatic heterocycles. The van der Waals surface area contributed by atoms with Crippen LogP contribution < -0.4 is 10.6 Å². The molecule has 0 bridgehead atoms. The fourth-order valence-corrected chi connectivity index (χ4v) is 3.14. The fraction of sp³-hybridized carbons (Fsp3) is 0.316. The third kappa shape index (κ3) is 6.10. The summed E-state index contributed by atoms with van der Waals surface area (Å²) in [6.45, 7) is 6.85. The highest BCUT2D eigenvalue weighted by molar-refractivity contribution is 7.99. The van der Waals surface area contributed by atoms with Gasteiger partial charge in [0.2, 0.25) is 0 Å². The number of rotatable bonds is 6. The second kappa shape index (κ2) is 9.00. The maximum atomic E-state index is 12.0. The third-order valence-corrected chi connectivity index (χ3v) is 5.32. The molecule has 24 heavy (non-hydrogen) atoms. The average molecular weight is 363 g/mol. The van der Waals surface area contributed by atoms with Gasteiger partial charge < -0.3 is 10.6 Å². The minimum absolute atomic E-state index is 0.165. The van der Waals surface area contributed by atoms with Crippen molar-refractivity contribution in [3.05, 3.63) is 58.6 Å². The van der Waals surface area contributed by atoms with Crippen LogP contribution in [0.25, 0.3) is 0 Å². The lowest BCUT2D eigenvalue weighted by molar-refractivity contribution is 0.251. The highest BCUT2D eigenvalue weighted by atomic mass is 35.5. The summed E-state index contributed by atoms with van der Waals surface area (Å²) in [4.78, 5) is 13.2. The lowest BCUT2D eigenvalue weighted by atomic mass is 10.1. The zero-order valence-electron chi connectivity index (χ0n) is 14.2. The van der Waals surface area contributed by atoms with Crippen LogP contribution >= 0.6 is 23.4 Å². The van der Waals surface area contributed by atoms with Crippen molar-refractivity contribution in [3.8, 4) is 0 Å². The minimum Gasteiger partial charge on any atom is -0.338 e. The van der Waals surface area contributed by atoms with Crippen molar-refractivity contribution in [3.63, 3.8) is 0 Å². The molecule has 0 radical (unpaired) electrons. The molecule has 0 spiro atoms. The monoisotopic (exact) mass is 362 g/mol. The number of thioether (sulfide) groups is 1. The van der Waals surface area contributed by atoms with E-state index in [0.29, 0.717) is 12.5 Å². The smallest absolute Gasteiger partial charge is 0.319 e. The largest absolute Gasteiger partial charge is 0.338 e. The predicted molar refractivity (Wildman–Crippen MR) is 104 cm³/mol. The summed E-state index contributed by atoms with van der Waals surface area (Å²) >= 11 is 7.65. The Morgan fingerprint density at radius 1 is 1.12 bits per heavy atom. The fourth-order valence-electron chi connectivity index (χ4n) is 2.09. The summed E-state index contributed by atoms with van der Waals surface area (Å²) < 4.78 is 0. The maximum Gasteiger partial charge on any atom is 0.319 e. The second-order valence-electron chi connectivity index (χ2n) is 6.00. The van der Waals surface area contributed by atoms with Gasteiger partial charge >= 0.3 is 6.03 Å². The quantitative estimate of drug-likeness (QED) is 0.665. The molecule has 1 atom stereocenters. The Kier molecular flexibility index (Phi) is 7.00. The van der Waals surface area contributed by atoms with E-state index in [1.807, 2.05) is 49.4 Å². The molecule has 0 saturated carbocycles.